The Morgan fingerprint density at radius 1 is 1.15 bits per heavy atom. The lowest BCUT2D eigenvalue weighted by molar-refractivity contribution is 0.601. The Hall–Kier alpha value is -1.40. The quantitative estimate of drug-likeness (QED) is 0.845. The number of benzene rings is 2. The predicted molar refractivity (Wildman–Crippen MR) is 81.0 cm³/mol. The number of hydrogen-bond donors (Lipinski definition) is 1. The molecule has 0 radical (unpaired) electrons. The summed E-state index contributed by atoms with van der Waals surface area (Å²) in [5.41, 5.74) is 1.72. The second-order valence-corrected chi connectivity index (χ2v) is 6.59. The van der Waals surface area contributed by atoms with Gasteiger partial charge >= 0.3 is 0 Å². The third-order valence-electron chi connectivity index (χ3n) is 2.80. The number of alkyl halides is 1. The molecule has 20 heavy (non-hydrogen) atoms. The molecule has 0 aliphatic rings. The summed E-state index contributed by atoms with van der Waals surface area (Å²) < 4.78 is 40.0. The minimum Gasteiger partial charge on any atom is -0.280 e. The van der Waals surface area contributed by atoms with E-state index in [0.29, 0.717) is 16.6 Å². The number of rotatable bonds is 4. The zero-order chi connectivity index (χ0) is 14.8. The van der Waals surface area contributed by atoms with Crippen LogP contribution in [0.5, 0.6) is 0 Å². The van der Waals surface area contributed by atoms with Gasteiger partial charge in [0.1, 0.15) is 5.82 Å². The number of sulfonamides is 1. The maximum absolute atomic E-state index is 13.2. The van der Waals surface area contributed by atoms with Crippen LogP contribution in [0.15, 0.2) is 47.4 Å². The van der Waals surface area contributed by atoms with Gasteiger partial charge in [-0.2, -0.15) is 0 Å². The van der Waals surface area contributed by atoms with Gasteiger partial charge in [-0.15, -0.1) is 0 Å². The lowest BCUT2D eigenvalue weighted by atomic mass is 10.2. The Balaban J connectivity index is 2.27. The minimum atomic E-state index is -3.66. The van der Waals surface area contributed by atoms with Gasteiger partial charge < -0.3 is 0 Å². The molecule has 0 saturated heterocycles. The fourth-order valence-electron chi connectivity index (χ4n) is 1.68. The second-order valence-electron chi connectivity index (χ2n) is 4.35. The van der Waals surface area contributed by atoms with Crippen molar-refractivity contribution >= 4 is 31.6 Å². The fraction of sp³-hybridized carbons (Fsp3) is 0.143. The van der Waals surface area contributed by atoms with Gasteiger partial charge in [0, 0.05) is 11.0 Å². The molecule has 1 N–H and O–H groups in total. The summed E-state index contributed by atoms with van der Waals surface area (Å²) in [4.78, 5) is 0.171. The van der Waals surface area contributed by atoms with Crippen LogP contribution in [-0.4, -0.2) is 8.42 Å². The molecule has 0 saturated carbocycles. The van der Waals surface area contributed by atoms with E-state index in [-0.39, 0.29) is 10.7 Å². The fourth-order valence-corrected chi connectivity index (χ4v) is 3.10. The van der Waals surface area contributed by atoms with Crippen LogP contribution in [0.25, 0.3) is 0 Å². The van der Waals surface area contributed by atoms with Crippen molar-refractivity contribution < 1.29 is 12.8 Å². The number of hydrogen-bond acceptors (Lipinski definition) is 2. The topological polar surface area (TPSA) is 46.2 Å². The van der Waals surface area contributed by atoms with E-state index < -0.39 is 10.0 Å². The van der Waals surface area contributed by atoms with Crippen LogP contribution in [0.2, 0.25) is 0 Å². The largest absolute Gasteiger partial charge is 0.280 e. The molecule has 2 aromatic carbocycles. The number of anilines is 1. The van der Waals surface area contributed by atoms with Gasteiger partial charge in [0.15, 0.2) is 0 Å². The van der Waals surface area contributed by atoms with Gasteiger partial charge in [-0.3, -0.25) is 4.72 Å². The lowest BCUT2D eigenvalue weighted by Gasteiger charge is -2.09. The van der Waals surface area contributed by atoms with Crippen LogP contribution < -0.4 is 4.72 Å². The molecule has 3 nitrogen and oxygen atoms in total. The van der Waals surface area contributed by atoms with Crippen molar-refractivity contribution in [3.63, 3.8) is 0 Å². The van der Waals surface area contributed by atoms with Gasteiger partial charge in [-0.1, -0.05) is 28.1 Å². The Kier molecular flexibility index (Phi) is 4.45. The van der Waals surface area contributed by atoms with Crippen LogP contribution >= 0.6 is 15.9 Å². The first kappa shape index (κ1) is 15.0. The molecule has 2 aromatic rings. The molecule has 0 atom stereocenters. The minimum absolute atomic E-state index is 0.171. The summed E-state index contributed by atoms with van der Waals surface area (Å²) in [6.45, 7) is 1.58. The van der Waals surface area contributed by atoms with Gasteiger partial charge in [-0.25, -0.2) is 12.8 Å². The standard InChI is InChI=1S/C14H13BrFNO2S/c1-10-8-12(4-7-14(10)16)17-20(18,19)13-5-2-11(9-15)3-6-13/h2-8,17H,9H2,1H3. The summed E-state index contributed by atoms with van der Waals surface area (Å²) in [5.74, 6) is -0.366. The van der Waals surface area contributed by atoms with Crippen LogP contribution in [-0.2, 0) is 15.4 Å². The monoisotopic (exact) mass is 357 g/mol. The summed E-state index contributed by atoms with van der Waals surface area (Å²) in [6.07, 6.45) is 0. The smallest absolute Gasteiger partial charge is 0.261 e. The van der Waals surface area contributed by atoms with Crippen LogP contribution in [0.3, 0.4) is 0 Å². The molecule has 2 rings (SSSR count). The van der Waals surface area contributed by atoms with E-state index in [1.807, 2.05) is 0 Å². The number of nitrogens with one attached hydrogen (secondary N) is 1. The molecule has 0 unspecified atom stereocenters. The Morgan fingerprint density at radius 3 is 2.35 bits per heavy atom. The normalized spacial score (nSPS) is 11.3. The Bertz CT molecular complexity index is 714. The maximum atomic E-state index is 13.2. The van der Waals surface area contributed by atoms with Gasteiger partial charge in [0.2, 0.25) is 0 Å². The average Bonchev–Trinajstić information content (AvgIpc) is 2.43. The first-order chi connectivity index (χ1) is 9.42. The molecule has 0 bridgehead atoms. The zero-order valence-electron chi connectivity index (χ0n) is 10.7. The first-order valence-corrected chi connectivity index (χ1v) is 8.47. The van der Waals surface area contributed by atoms with Crippen molar-refractivity contribution in [3.8, 4) is 0 Å². The van der Waals surface area contributed by atoms with E-state index in [0.717, 1.165) is 5.56 Å². The first-order valence-electron chi connectivity index (χ1n) is 5.86. The molecule has 0 spiro atoms. The number of aryl methyl sites for hydroxylation is 1. The van der Waals surface area contributed by atoms with E-state index in [1.165, 1.54) is 30.3 Å². The van der Waals surface area contributed by atoms with Crippen molar-refractivity contribution in [2.45, 2.75) is 17.1 Å². The van der Waals surface area contributed by atoms with E-state index in [4.69, 9.17) is 0 Å². The van der Waals surface area contributed by atoms with Crippen molar-refractivity contribution in [3.05, 3.63) is 59.4 Å². The van der Waals surface area contributed by atoms with Crippen molar-refractivity contribution in [1.82, 2.24) is 0 Å². The SMILES string of the molecule is Cc1cc(NS(=O)(=O)c2ccc(CBr)cc2)ccc1F. The second kappa shape index (κ2) is 5.93. The van der Waals surface area contributed by atoms with Crippen LogP contribution in [0, 0.1) is 12.7 Å². The van der Waals surface area contributed by atoms with Crippen LogP contribution in [0.1, 0.15) is 11.1 Å². The highest BCUT2D eigenvalue weighted by atomic mass is 79.9. The Morgan fingerprint density at radius 2 is 1.80 bits per heavy atom. The van der Waals surface area contributed by atoms with E-state index >= 15 is 0 Å². The van der Waals surface area contributed by atoms with Crippen LogP contribution in [0.4, 0.5) is 10.1 Å². The summed E-state index contributed by atoms with van der Waals surface area (Å²) >= 11 is 3.30. The van der Waals surface area contributed by atoms with E-state index in [9.17, 15) is 12.8 Å². The predicted octanol–water partition coefficient (Wildman–Crippen LogP) is 3.83. The summed E-state index contributed by atoms with van der Waals surface area (Å²) in [7, 11) is -3.66. The molecule has 0 amide bonds. The molecule has 106 valence electrons. The number of halogens is 2. The highest BCUT2D eigenvalue weighted by Crippen LogP contribution is 2.19. The van der Waals surface area contributed by atoms with Crippen molar-refractivity contribution in [1.29, 1.82) is 0 Å². The van der Waals surface area contributed by atoms with Gasteiger partial charge in [0.25, 0.3) is 10.0 Å². The Labute approximate surface area is 126 Å². The van der Waals surface area contributed by atoms with Gasteiger partial charge in [0.05, 0.1) is 4.90 Å². The zero-order valence-corrected chi connectivity index (χ0v) is 13.1. The third kappa shape index (κ3) is 3.37. The third-order valence-corrected chi connectivity index (χ3v) is 4.84. The summed E-state index contributed by atoms with van der Waals surface area (Å²) in [5, 5.41) is 0.665. The van der Waals surface area contributed by atoms with Crippen molar-refractivity contribution in [2.75, 3.05) is 4.72 Å². The molecule has 0 aliphatic heterocycles. The summed E-state index contributed by atoms with van der Waals surface area (Å²) in [6, 6.07) is 10.6. The van der Waals surface area contributed by atoms with E-state index in [1.54, 1.807) is 19.1 Å². The van der Waals surface area contributed by atoms with Crippen molar-refractivity contribution in [2.24, 2.45) is 0 Å². The molecular weight excluding hydrogens is 345 g/mol. The average molecular weight is 358 g/mol. The van der Waals surface area contributed by atoms with E-state index in [2.05, 4.69) is 20.7 Å². The highest BCUT2D eigenvalue weighted by Gasteiger charge is 2.14. The molecule has 0 aliphatic carbocycles. The molecular formula is C14H13BrFNO2S. The lowest BCUT2D eigenvalue weighted by Crippen LogP contribution is -2.13. The molecule has 0 heterocycles. The maximum Gasteiger partial charge on any atom is 0.261 e. The molecule has 6 heteroatoms. The molecule has 0 aromatic heterocycles. The molecule has 0 fully saturated rings. The van der Waals surface area contributed by atoms with Gasteiger partial charge in [-0.05, 0) is 48.4 Å². The highest BCUT2D eigenvalue weighted by molar-refractivity contribution is 9.08.